The van der Waals surface area contributed by atoms with Crippen molar-refractivity contribution < 1.29 is 0 Å². The van der Waals surface area contributed by atoms with Crippen LogP contribution in [-0.2, 0) is 12.8 Å². The molecule has 0 radical (unpaired) electrons. The molecule has 0 saturated carbocycles. The Bertz CT molecular complexity index is 381. The molecule has 0 saturated heterocycles. The number of fused-ring (bicyclic) bond motifs is 1. The van der Waals surface area contributed by atoms with E-state index in [4.69, 9.17) is 0 Å². The van der Waals surface area contributed by atoms with Crippen molar-refractivity contribution >= 4 is 0 Å². The number of nitrogens with one attached hydrogen (secondary N) is 1. The Morgan fingerprint density at radius 2 is 1.71 bits per heavy atom. The van der Waals surface area contributed by atoms with Crippen LogP contribution in [0.3, 0.4) is 0 Å². The zero-order chi connectivity index (χ0) is 12.5. The fraction of sp³-hybridized carbons (Fsp3) is 0.625. The Balaban J connectivity index is 2.27. The normalized spacial score (nSPS) is 24.1. The van der Waals surface area contributed by atoms with E-state index in [9.17, 15) is 0 Å². The van der Waals surface area contributed by atoms with Gasteiger partial charge in [0.1, 0.15) is 0 Å². The molecule has 1 N–H and O–H groups in total. The van der Waals surface area contributed by atoms with Gasteiger partial charge in [-0.25, -0.2) is 0 Å². The Kier molecular flexibility index (Phi) is 3.58. The van der Waals surface area contributed by atoms with Gasteiger partial charge in [-0.05, 0) is 36.3 Å². The Labute approximate surface area is 106 Å². The molecule has 0 aliphatic heterocycles. The maximum Gasteiger partial charge on any atom is 0.0250 e. The molecule has 1 nitrogen and oxygen atoms in total. The molecule has 1 aliphatic carbocycles. The predicted molar refractivity (Wildman–Crippen MR) is 74.3 cm³/mol. The van der Waals surface area contributed by atoms with Crippen LogP contribution < -0.4 is 5.32 Å². The van der Waals surface area contributed by atoms with Crippen LogP contribution in [0.1, 0.15) is 45.2 Å². The number of rotatable bonds is 3. The van der Waals surface area contributed by atoms with Crippen molar-refractivity contribution in [1.82, 2.24) is 5.32 Å². The second kappa shape index (κ2) is 4.81. The van der Waals surface area contributed by atoms with Crippen molar-refractivity contribution in [3.63, 3.8) is 0 Å². The summed E-state index contributed by atoms with van der Waals surface area (Å²) in [5.74, 6) is 0.679. The fourth-order valence-corrected chi connectivity index (χ4v) is 3.12. The highest BCUT2D eigenvalue weighted by Gasteiger charge is 2.37. The molecule has 94 valence electrons. The van der Waals surface area contributed by atoms with Gasteiger partial charge in [-0.2, -0.15) is 0 Å². The second-order valence-corrected chi connectivity index (χ2v) is 6.06. The van der Waals surface area contributed by atoms with Gasteiger partial charge in [0.25, 0.3) is 0 Å². The summed E-state index contributed by atoms with van der Waals surface area (Å²) in [5, 5.41) is 3.84. The van der Waals surface area contributed by atoms with Crippen LogP contribution in [0.15, 0.2) is 24.3 Å². The first kappa shape index (κ1) is 12.6. The maximum absolute atomic E-state index is 3.84. The summed E-state index contributed by atoms with van der Waals surface area (Å²) in [5.41, 5.74) is 3.39. The lowest BCUT2D eigenvalue weighted by Gasteiger charge is -2.44. The van der Waals surface area contributed by atoms with E-state index in [-0.39, 0.29) is 0 Å². The molecule has 0 amide bonds. The number of benzene rings is 1. The van der Waals surface area contributed by atoms with Gasteiger partial charge in [0.05, 0.1) is 0 Å². The average Bonchev–Trinajstić information content (AvgIpc) is 2.27. The molecule has 0 spiro atoms. The molecule has 1 aromatic rings. The lowest BCUT2D eigenvalue weighted by Crippen LogP contribution is -2.55. The number of aryl methyl sites for hydroxylation is 1. The Morgan fingerprint density at radius 3 is 2.29 bits per heavy atom. The highest BCUT2D eigenvalue weighted by molar-refractivity contribution is 5.32. The summed E-state index contributed by atoms with van der Waals surface area (Å²) in [6.45, 7) is 9.21. The first-order chi connectivity index (χ1) is 8.03. The molecule has 1 aromatic carbocycles. The summed E-state index contributed by atoms with van der Waals surface area (Å²) < 4.78 is 0. The second-order valence-electron chi connectivity index (χ2n) is 6.06. The van der Waals surface area contributed by atoms with E-state index in [1.165, 1.54) is 19.3 Å². The lowest BCUT2D eigenvalue weighted by molar-refractivity contribution is 0.191. The third-order valence-corrected chi connectivity index (χ3v) is 4.15. The minimum Gasteiger partial charge on any atom is -0.308 e. The molecule has 2 rings (SSSR count). The van der Waals surface area contributed by atoms with Crippen molar-refractivity contribution in [3.8, 4) is 0 Å². The molecule has 0 bridgehead atoms. The summed E-state index contributed by atoms with van der Waals surface area (Å²) >= 11 is 0. The van der Waals surface area contributed by atoms with Crippen molar-refractivity contribution in [2.45, 2.75) is 58.5 Å². The first-order valence-electron chi connectivity index (χ1n) is 6.88. The lowest BCUT2D eigenvalue weighted by atomic mass is 9.71. The van der Waals surface area contributed by atoms with E-state index in [1.807, 2.05) is 0 Å². The van der Waals surface area contributed by atoms with Crippen molar-refractivity contribution in [3.05, 3.63) is 35.4 Å². The van der Waals surface area contributed by atoms with Crippen molar-refractivity contribution in [1.29, 1.82) is 0 Å². The van der Waals surface area contributed by atoms with E-state index in [1.54, 1.807) is 11.1 Å². The number of hydrogen-bond donors (Lipinski definition) is 1. The summed E-state index contributed by atoms with van der Waals surface area (Å²) in [7, 11) is 0. The molecule has 17 heavy (non-hydrogen) atoms. The third-order valence-electron chi connectivity index (χ3n) is 4.15. The minimum atomic E-state index is 0.294. The van der Waals surface area contributed by atoms with Gasteiger partial charge in [0.15, 0.2) is 0 Å². The van der Waals surface area contributed by atoms with Crippen molar-refractivity contribution in [2.24, 2.45) is 5.92 Å². The van der Waals surface area contributed by atoms with Crippen LogP contribution in [0.2, 0.25) is 0 Å². The summed E-state index contributed by atoms with van der Waals surface area (Å²) in [6, 6.07) is 9.48. The summed E-state index contributed by atoms with van der Waals surface area (Å²) in [6.07, 6.45) is 3.66. The van der Waals surface area contributed by atoms with E-state index >= 15 is 0 Å². The average molecular weight is 231 g/mol. The molecule has 0 aromatic heterocycles. The van der Waals surface area contributed by atoms with Gasteiger partial charge in [0, 0.05) is 11.6 Å². The smallest absolute Gasteiger partial charge is 0.0250 e. The topological polar surface area (TPSA) is 12.0 Å². The van der Waals surface area contributed by atoms with Gasteiger partial charge >= 0.3 is 0 Å². The van der Waals surface area contributed by atoms with Crippen LogP contribution in [0.5, 0.6) is 0 Å². The van der Waals surface area contributed by atoms with Crippen LogP contribution in [0, 0.1) is 5.92 Å². The molecule has 1 unspecified atom stereocenters. The van der Waals surface area contributed by atoms with Crippen LogP contribution >= 0.6 is 0 Å². The maximum atomic E-state index is 3.84. The quantitative estimate of drug-likeness (QED) is 0.838. The standard InChI is InChI=1S/C16H25N/c1-12(2)16(17-13(3)4)10-9-14-7-5-6-8-15(14)11-16/h5-8,12-13,17H,9-11H2,1-4H3. The zero-order valence-corrected chi connectivity index (χ0v) is 11.6. The van der Waals surface area contributed by atoms with Crippen molar-refractivity contribution in [2.75, 3.05) is 0 Å². The van der Waals surface area contributed by atoms with E-state index in [2.05, 4.69) is 57.3 Å². The van der Waals surface area contributed by atoms with Gasteiger partial charge in [-0.15, -0.1) is 0 Å². The fourth-order valence-electron chi connectivity index (χ4n) is 3.12. The Hall–Kier alpha value is -0.820. The molecule has 1 aliphatic rings. The monoisotopic (exact) mass is 231 g/mol. The third kappa shape index (κ3) is 2.55. The minimum absolute atomic E-state index is 0.294. The molecule has 1 heteroatoms. The highest BCUT2D eigenvalue weighted by atomic mass is 15.0. The molecular formula is C16H25N. The SMILES string of the molecule is CC(C)NC1(C(C)C)CCc2ccccc2C1. The molecule has 0 fully saturated rings. The van der Waals surface area contributed by atoms with E-state index < -0.39 is 0 Å². The van der Waals surface area contributed by atoms with Gasteiger partial charge in [-0.1, -0.05) is 52.0 Å². The first-order valence-corrected chi connectivity index (χ1v) is 6.88. The van der Waals surface area contributed by atoms with E-state index in [0.29, 0.717) is 17.5 Å². The van der Waals surface area contributed by atoms with Crippen LogP contribution in [-0.4, -0.2) is 11.6 Å². The van der Waals surface area contributed by atoms with Gasteiger partial charge < -0.3 is 5.32 Å². The largest absolute Gasteiger partial charge is 0.308 e. The number of hydrogen-bond acceptors (Lipinski definition) is 1. The summed E-state index contributed by atoms with van der Waals surface area (Å²) in [4.78, 5) is 0. The van der Waals surface area contributed by atoms with Crippen LogP contribution in [0.4, 0.5) is 0 Å². The zero-order valence-electron chi connectivity index (χ0n) is 11.6. The molecule has 1 atom stereocenters. The van der Waals surface area contributed by atoms with E-state index in [0.717, 1.165) is 0 Å². The predicted octanol–water partition coefficient (Wildman–Crippen LogP) is 3.57. The molecule has 0 heterocycles. The highest BCUT2D eigenvalue weighted by Crippen LogP contribution is 2.34. The van der Waals surface area contributed by atoms with Gasteiger partial charge in [0.2, 0.25) is 0 Å². The van der Waals surface area contributed by atoms with Gasteiger partial charge in [-0.3, -0.25) is 0 Å². The van der Waals surface area contributed by atoms with Crippen LogP contribution in [0.25, 0.3) is 0 Å². The Morgan fingerprint density at radius 1 is 1.06 bits per heavy atom. The molecular weight excluding hydrogens is 206 g/mol.